The van der Waals surface area contributed by atoms with Crippen molar-refractivity contribution >= 4 is 33.1 Å². The molecule has 0 spiro atoms. The van der Waals surface area contributed by atoms with Gasteiger partial charge in [-0.2, -0.15) is 0 Å². The molecule has 13 heavy (non-hydrogen) atoms. The quantitative estimate of drug-likeness (QED) is 0.683. The lowest BCUT2D eigenvalue weighted by atomic mass is 10.3. The van der Waals surface area contributed by atoms with Gasteiger partial charge in [-0.05, 0) is 12.1 Å². The van der Waals surface area contributed by atoms with Gasteiger partial charge in [-0.3, -0.25) is 0 Å². The van der Waals surface area contributed by atoms with E-state index in [-0.39, 0.29) is 0 Å². The van der Waals surface area contributed by atoms with Crippen LogP contribution >= 0.6 is 0 Å². The van der Waals surface area contributed by atoms with Gasteiger partial charge in [0.05, 0.1) is 28.0 Å². The number of benzene rings is 1. The third kappa shape index (κ3) is 0.818. The van der Waals surface area contributed by atoms with E-state index in [2.05, 4.69) is 15.0 Å². The second-order valence-electron chi connectivity index (χ2n) is 2.74. The van der Waals surface area contributed by atoms with Crippen molar-refractivity contribution in [3.63, 3.8) is 0 Å². The maximum Gasteiger partial charge on any atom is 0.107 e. The highest BCUT2D eigenvalue weighted by Crippen LogP contribution is 2.32. The smallest absolute Gasteiger partial charge is 0.107 e. The van der Waals surface area contributed by atoms with E-state index in [1.54, 1.807) is 6.33 Å². The zero-order valence-corrected chi connectivity index (χ0v) is 7.34. The summed E-state index contributed by atoms with van der Waals surface area (Å²) in [6, 6.07) is 3.73. The van der Waals surface area contributed by atoms with Crippen LogP contribution in [0.2, 0.25) is 0 Å². The number of aliphatic imine (C=N–C) groups is 1. The van der Waals surface area contributed by atoms with Crippen LogP contribution in [0, 0.1) is 0 Å². The monoisotopic (exact) mass is 191 g/mol. The second-order valence-corrected chi connectivity index (χ2v) is 3.96. The third-order valence-electron chi connectivity index (χ3n) is 2.01. The Labute approximate surface area is 76.2 Å². The number of H-pyrrole nitrogens is 1. The summed E-state index contributed by atoms with van der Waals surface area (Å²) < 4.78 is 11.5. The van der Waals surface area contributed by atoms with Crippen molar-refractivity contribution in [3.05, 3.63) is 18.5 Å². The van der Waals surface area contributed by atoms with Gasteiger partial charge >= 0.3 is 0 Å². The van der Waals surface area contributed by atoms with Crippen molar-refractivity contribution < 1.29 is 4.21 Å². The van der Waals surface area contributed by atoms with Crippen LogP contribution < -0.4 is 0 Å². The van der Waals surface area contributed by atoms with E-state index < -0.39 is 10.8 Å². The molecule has 5 heteroatoms. The fourth-order valence-corrected chi connectivity index (χ4v) is 2.42. The molecular formula is C8H5N3OS. The summed E-state index contributed by atoms with van der Waals surface area (Å²) >= 11 is 0. The van der Waals surface area contributed by atoms with Gasteiger partial charge in [0.2, 0.25) is 0 Å². The van der Waals surface area contributed by atoms with Gasteiger partial charge in [0.25, 0.3) is 0 Å². The standard InChI is InChI=1S/C8H5N3OS/c12-13-4-11-6-2-1-5-7(8(6)13)10-3-9-5/h1-4H,(H,9,10). The molecule has 64 valence electrons. The molecule has 1 aromatic heterocycles. The van der Waals surface area contributed by atoms with Crippen LogP contribution in [0.4, 0.5) is 5.69 Å². The Bertz CT molecular complexity index is 543. The lowest BCUT2D eigenvalue weighted by molar-refractivity contribution is 0.691. The SMILES string of the molecule is O=S1C=Nc2ccc3[nH]cnc3c21. The van der Waals surface area contributed by atoms with Gasteiger partial charge in [-0.15, -0.1) is 0 Å². The molecule has 0 radical (unpaired) electrons. The van der Waals surface area contributed by atoms with Crippen LogP contribution in [0.15, 0.2) is 28.3 Å². The Morgan fingerprint density at radius 3 is 3.23 bits per heavy atom. The van der Waals surface area contributed by atoms with Crippen molar-refractivity contribution in [2.24, 2.45) is 4.99 Å². The average molecular weight is 191 g/mol. The molecule has 1 unspecified atom stereocenters. The van der Waals surface area contributed by atoms with Crippen LogP contribution in [-0.2, 0) is 10.8 Å². The highest BCUT2D eigenvalue weighted by Gasteiger charge is 2.18. The topological polar surface area (TPSA) is 58.1 Å². The maximum absolute atomic E-state index is 11.5. The molecule has 1 aliphatic heterocycles. The Balaban J connectivity index is 2.53. The normalized spacial score (nSPS) is 19.5. The number of aromatic amines is 1. The summed E-state index contributed by atoms with van der Waals surface area (Å²) in [5, 5.41) is 0. The minimum absolute atomic E-state index is 0.721. The minimum Gasteiger partial charge on any atom is -0.345 e. The molecule has 1 aliphatic rings. The van der Waals surface area contributed by atoms with Crippen LogP contribution in [0.25, 0.3) is 11.0 Å². The van der Waals surface area contributed by atoms with E-state index in [4.69, 9.17) is 0 Å². The van der Waals surface area contributed by atoms with Gasteiger partial charge in [0.1, 0.15) is 16.3 Å². The van der Waals surface area contributed by atoms with Gasteiger partial charge in [0, 0.05) is 0 Å². The van der Waals surface area contributed by atoms with Gasteiger partial charge < -0.3 is 4.98 Å². The van der Waals surface area contributed by atoms with Crippen LogP contribution in [0.3, 0.4) is 0 Å². The molecule has 0 saturated carbocycles. The fraction of sp³-hybridized carbons (Fsp3) is 0. The lowest BCUT2D eigenvalue weighted by Crippen LogP contribution is -1.87. The predicted molar refractivity (Wildman–Crippen MR) is 50.7 cm³/mol. The number of rotatable bonds is 0. The number of nitrogens with one attached hydrogen (secondary N) is 1. The summed E-state index contributed by atoms with van der Waals surface area (Å²) in [4.78, 5) is 11.8. The van der Waals surface area contributed by atoms with Crippen LogP contribution in [0.5, 0.6) is 0 Å². The summed E-state index contributed by atoms with van der Waals surface area (Å²) in [5.41, 5.74) is 3.86. The minimum atomic E-state index is -1.12. The van der Waals surface area contributed by atoms with Crippen LogP contribution in [0.1, 0.15) is 0 Å². The Morgan fingerprint density at radius 1 is 1.38 bits per heavy atom. The Morgan fingerprint density at radius 2 is 2.31 bits per heavy atom. The first-order valence-electron chi connectivity index (χ1n) is 3.77. The largest absolute Gasteiger partial charge is 0.345 e. The summed E-state index contributed by atoms with van der Waals surface area (Å²) in [6.07, 6.45) is 1.60. The van der Waals surface area contributed by atoms with Crippen molar-refractivity contribution in [3.8, 4) is 0 Å². The van der Waals surface area contributed by atoms with Gasteiger partial charge in [-0.1, -0.05) is 0 Å². The second kappa shape index (κ2) is 2.26. The first-order valence-corrected chi connectivity index (χ1v) is 4.98. The van der Waals surface area contributed by atoms with Gasteiger partial charge in [-0.25, -0.2) is 14.2 Å². The number of nitrogens with zero attached hydrogens (tertiary/aromatic N) is 2. The first kappa shape index (κ1) is 6.97. The fourth-order valence-electron chi connectivity index (χ4n) is 1.43. The van der Waals surface area contributed by atoms with E-state index in [1.165, 1.54) is 5.55 Å². The number of hydrogen-bond acceptors (Lipinski definition) is 3. The molecule has 1 aromatic carbocycles. The molecule has 0 saturated heterocycles. The van der Waals surface area contributed by atoms with E-state index in [0.29, 0.717) is 0 Å². The number of aromatic nitrogens is 2. The van der Waals surface area contributed by atoms with Crippen molar-refractivity contribution in [2.75, 3.05) is 0 Å². The third-order valence-corrected chi connectivity index (χ3v) is 3.11. The molecule has 2 heterocycles. The highest BCUT2D eigenvalue weighted by molar-refractivity contribution is 7.99. The van der Waals surface area contributed by atoms with E-state index in [1.807, 2.05) is 12.1 Å². The van der Waals surface area contributed by atoms with Crippen molar-refractivity contribution in [1.29, 1.82) is 0 Å². The molecule has 3 rings (SSSR count). The van der Waals surface area contributed by atoms with E-state index in [9.17, 15) is 4.21 Å². The van der Waals surface area contributed by atoms with E-state index >= 15 is 0 Å². The number of hydrogen-bond donors (Lipinski definition) is 1. The molecular weight excluding hydrogens is 186 g/mol. The maximum atomic E-state index is 11.5. The molecule has 0 bridgehead atoms. The molecule has 1 N–H and O–H groups in total. The van der Waals surface area contributed by atoms with Crippen LogP contribution in [-0.4, -0.2) is 19.7 Å². The Hall–Kier alpha value is -1.49. The van der Waals surface area contributed by atoms with Gasteiger partial charge in [0.15, 0.2) is 0 Å². The van der Waals surface area contributed by atoms with Crippen molar-refractivity contribution in [2.45, 2.75) is 4.90 Å². The Kier molecular flexibility index (Phi) is 1.21. The number of imidazole rings is 1. The summed E-state index contributed by atoms with van der Waals surface area (Å²) in [6.45, 7) is 0. The summed E-state index contributed by atoms with van der Waals surface area (Å²) in [7, 11) is -1.12. The summed E-state index contributed by atoms with van der Waals surface area (Å²) in [5.74, 6) is 0. The number of fused-ring (bicyclic) bond motifs is 3. The van der Waals surface area contributed by atoms with Crippen molar-refractivity contribution in [1.82, 2.24) is 9.97 Å². The molecule has 0 aliphatic carbocycles. The molecule has 1 atom stereocenters. The molecule has 2 aromatic rings. The van der Waals surface area contributed by atoms with E-state index in [0.717, 1.165) is 21.6 Å². The predicted octanol–water partition coefficient (Wildman–Crippen LogP) is 1.34. The molecule has 0 fully saturated rings. The molecule has 0 amide bonds. The molecule has 4 nitrogen and oxygen atoms in total. The zero-order valence-electron chi connectivity index (χ0n) is 6.52. The lowest BCUT2D eigenvalue weighted by Gasteiger charge is -1.95. The first-order chi connectivity index (χ1) is 6.36. The zero-order chi connectivity index (χ0) is 8.84. The highest BCUT2D eigenvalue weighted by atomic mass is 32.2. The average Bonchev–Trinajstić information content (AvgIpc) is 2.70.